The minimum Gasteiger partial charge on any atom is -0.457 e. The third-order valence-electron chi connectivity index (χ3n) is 5.38. The third-order valence-corrected chi connectivity index (χ3v) is 7.15. The van der Waals surface area contributed by atoms with Crippen molar-refractivity contribution in [3.05, 3.63) is 115 Å². The minimum absolute atomic E-state index is 0.126. The van der Waals surface area contributed by atoms with Crippen LogP contribution >= 0.6 is 0 Å². The summed E-state index contributed by atoms with van der Waals surface area (Å²) in [6.07, 6.45) is 0.626. The van der Waals surface area contributed by atoms with Crippen molar-refractivity contribution in [3.63, 3.8) is 0 Å². The molecule has 0 radical (unpaired) electrons. The van der Waals surface area contributed by atoms with E-state index in [1.165, 1.54) is 16.4 Å². The summed E-state index contributed by atoms with van der Waals surface area (Å²) in [6.45, 7) is 1.59. The Bertz CT molecular complexity index is 1370. The van der Waals surface area contributed by atoms with Crippen molar-refractivity contribution >= 4 is 27.3 Å². The predicted octanol–water partition coefficient (Wildman–Crippen LogP) is 5.88. The number of carbonyl (C=O) groups is 1. The molecule has 4 rings (SSSR count). The number of sulfonamides is 1. The van der Waals surface area contributed by atoms with Crippen LogP contribution in [0, 0.1) is 0 Å². The monoisotopic (exact) mass is 486 g/mol. The van der Waals surface area contributed by atoms with E-state index in [9.17, 15) is 13.2 Å². The lowest BCUT2D eigenvalue weighted by Crippen LogP contribution is -2.38. The second kappa shape index (κ2) is 10.9. The molecule has 0 aliphatic heterocycles. The molecule has 35 heavy (non-hydrogen) atoms. The first kappa shape index (κ1) is 24.0. The van der Waals surface area contributed by atoms with Crippen molar-refractivity contribution in [1.82, 2.24) is 0 Å². The summed E-state index contributed by atoms with van der Waals surface area (Å²) >= 11 is 0. The molecule has 178 valence electrons. The highest BCUT2D eigenvalue weighted by Gasteiger charge is 2.28. The van der Waals surface area contributed by atoms with Crippen LogP contribution in [0.25, 0.3) is 0 Å². The molecule has 7 heteroatoms. The normalized spacial score (nSPS) is 11.0. The van der Waals surface area contributed by atoms with Gasteiger partial charge in [0.25, 0.3) is 10.0 Å². The zero-order valence-electron chi connectivity index (χ0n) is 19.3. The highest BCUT2D eigenvalue weighted by molar-refractivity contribution is 7.92. The van der Waals surface area contributed by atoms with Gasteiger partial charge in [-0.3, -0.25) is 9.10 Å². The van der Waals surface area contributed by atoms with Gasteiger partial charge in [-0.05, 0) is 66.6 Å². The van der Waals surface area contributed by atoms with Crippen molar-refractivity contribution in [2.24, 2.45) is 0 Å². The van der Waals surface area contributed by atoms with Gasteiger partial charge in [0.2, 0.25) is 5.91 Å². The molecule has 0 saturated heterocycles. The molecule has 0 bridgehead atoms. The van der Waals surface area contributed by atoms with Gasteiger partial charge in [0.15, 0.2) is 0 Å². The van der Waals surface area contributed by atoms with Crippen molar-refractivity contribution in [1.29, 1.82) is 0 Å². The Hall–Kier alpha value is -4.10. The van der Waals surface area contributed by atoms with E-state index in [4.69, 9.17) is 4.74 Å². The number of nitrogens with zero attached hydrogens (tertiary/aromatic N) is 1. The van der Waals surface area contributed by atoms with E-state index < -0.39 is 15.9 Å². The van der Waals surface area contributed by atoms with Crippen molar-refractivity contribution in [2.75, 3.05) is 16.2 Å². The van der Waals surface area contributed by atoms with Gasteiger partial charge in [-0.15, -0.1) is 0 Å². The van der Waals surface area contributed by atoms with Gasteiger partial charge in [-0.1, -0.05) is 61.5 Å². The zero-order chi connectivity index (χ0) is 24.7. The van der Waals surface area contributed by atoms with Crippen LogP contribution in [0.3, 0.4) is 0 Å². The quantitative estimate of drug-likeness (QED) is 0.321. The van der Waals surface area contributed by atoms with Gasteiger partial charge in [0.05, 0.1) is 10.6 Å². The first-order chi connectivity index (χ1) is 17.0. The van der Waals surface area contributed by atoms with Crippen molar-refractivity contribution < 1.29 is 17.9 Å². The van der Waals surface area contributed by atoms with Crippen LogP contribution < -0.4 is 14.4 Å². The number of rotatable bonds is 9. The summed E-state index contributed by atoms with van der Waals surface area (Å²) in [6, 6.07) is 31.6. The van der Waals surface area contributed by atoms with E-state index in [-0.39, 0.29) is 11.4 Å². The number of nitrogens with one attached hydrogen (secondary N) is 1. The van der Waals surface area contributed by atoms with E-state index in [0.29, 0.717) is 29.3 Å². The van der Waals surface area contributed by atoms with Crippen LogP contribution in [0.15, 0.2) is 114 Å². The topological polar surface area (TPSA) is 75.7 Å². The van der Waals surface area contributed by atoms with Crippen molar-refractivity contribution in [2.45, 2.75) is 18.2 Å². The zero-order valence-corrected chi connectivity index (χ0v) is 20.1. The summed E-state index contributed by atoms with van der Waals surface area (Å²) in [5.41, 5.74) is 1.86. The van der Waals surface area contributed by atoms with E-state index in [2.05, 4.69) is 5.32 Å². The maximum Gasteiger partial charge on any atom is 0.264 e. The molecule has 0 heterocycles. The standard InChI is InChI=1S/C28H26N2O4S/c1-2-22-11-9-10-16-27(22)30(35(32,33)26-14-7-4-8-15-26)21-28(31)29-23-17-19-25(20-18-23)34-24-12-5-3-6-13-24/h3-20H,2,21H2,1H3,(H,29,31). The Kier molecular flexibility index (Phi) is 7.48. The second-order valence-electron chi connectivity index (χ2n) is 7.79. The number of amides is 1. The Balaban J connectivity index is 1.55. The van der Waals surface area contributed by atoms with Crippen LogP contribution in [0.4, 0.5) is 11.4 Å². The molecule has 0 spiro atoms. The maximum atomic E-state index is 13.5. The fourth-order valence-electron chi connectivity index (χ4n) is 3.63. The number of para-hydroxylation sites is 2. The average molecular weight is 487 g/mol. The van der Waals surface area contributed by atoms with Crippen LogP contribution in [0.2, 0.25) is 0 Å². The Labute approximate surface area is 205 Å². The predicted molar refractivity (Wildman–Crippen MR) is 138 cm³/mol. The van der Waals surface area contributed by atoms with Gasteiger partial charge < -0.3 is 10.1 Å². The molecule has 1 N–H and O–H groups in total. The highest BCUT2D eigenvalue weighted by Crippen LogP contribution is 2.28. The van der Waals surface area contributed by atoms with Crippen LogP contribution in [-0.2, 0) is 21.2 Å². The molecule has 0 aromatic heterocycles. The van der Waals surface area contributed by atoms with Gasteiger partial charge in [0, 0.05) is 5.69 Å². The molecule has 0 unspecified atom stereocenters. The van der Waals surface area contributed by atoms with Gasteiger partial charge in [0.1, 0.15) is 18.0 Å². The molecule has 0 fully saturated rings. The Morgan fingerprint density at radius 3 is 2.00 bits per heavy atom. The van der Waals surface area contributed by atoms with Crippen molar-refractivity contribution in [3.8, 4) is 11.5 Å². The fraction of sp³-hybridized carbons (Fsp3) is 0.107. The molecule has 4 aromatic rings. The summed E-state index contributed by atoms with van der Waals surface area (Å²) in [5.74, 6) is 0.882. The highest BCUT2D eigenvalue weighted by atomic mass is 32.2. The molecular weight excluding hydrogens is 460 g/mol. The molecule has 0 aliphatic carbocycles. The average Bonchev–Trinajstić information content (AvgIpc) is 2.89. The van der Waals surface area contributed by atoms with Gasteiger partial charge in [-0.2, -0.15) is 0 Å². The lowest BCUT2D eigenvalue weighted by molar-refractivity contribution is -0.114. The fourth-order valence-corrected chi connectivity index (χ4v) is 5.11. The summed E-state index contributed by atoms with van der Waals surface area (Å²) < 4.78 is 34.0. The first-order valence-electron chi connectivity index (χ1n) is 11.3. The number of anilines is 2. The number of aryl methyl sites for hydroxylation is 1. The molecule has 6 nitrogen and oxygen atoms in total. The maximum absolute atomic E-state index is 13.5. The van der Waals surface area contributed by atoms with Crippen LogP contribution in [-0.4, -0.2) is 20.9 Å². The third kappa shape index (κ3) is 5.88. The SMILES string of the molecule is CCc1ccccc1N(CC(=O)Nc1ccc(Oc2ccccc2)cc1)S(=O)(=O)c1ccccc1. The number of hydrogen-bond donors (Lipinski definition) is 1. The molecule has 0 atom stereocenters. The molecule has 1 amide bonds. The van der Waals surface area contributed by atoms with Crippen LogP contribution in [0.1, 0.15) is 12.5 Å². The first-order valence-corrected chi connectivity index (χ1v) is 12.7. The summed E-state index contributed by atoms with van der Waals surface area (Å²) in [5, 5.41) is 2.79. The summed E-state index contributed by atoms with van der Waals surface area (Å²) in [4.78, 5) is 13.1. The number of ether oxygens (including phenoxy) is 1. The van der Waals surface area contributed by atoms with E-state index in [0.717, 1.165) is 5.56 Å². The molecular formula is C28H26N2O4S. The van der Waals surface area contributed by atoms with E-state index in [1.807, 2.05) is 49.4 Å². The summed E-state index contributed by atoms with van der Waals surface area (Å²) in [7, 11) is -3.96. The van der Waals surface area contributed by atoms with E-state index >= 15 is 0 Å². The number of benzene rings is 4. The Morgan fingerprint density at radius 1 is 0.771 bits per heavy atom. The number of carbonyl (C=O) groups excluding carboxylic acids is 1. The van der Waals surface area contributed by atoms with Gasteiger partial charge >= 0.3 is 0 Å². The number of hydrogen-bond acceptors (Lipinski definition) is 4. The lowest BCUT2D eigenvalue weighted by atomic mass is 10.1. The second-order valence-corrected chi connectivity index (χ2v) is 9.66. The molecule has 4 aromatic carbocycles. The van der Waals surface area contributed by atoms with E-state index in [1.54, 1.807) is 54.6 Å². The molecule has 0 saturated carbocycles. The van der Waals surface area contributed by atoms with Crippen LogP contribution in [0.5, 0.6) is 11.5 Å². The minimum atomic E-state index is -3.96. The Morgan fingerprint density at radius 2 is 1.34 bits per heavy atom. The molecule has 0 aliphatic rings. The largest absolute Gasteiger partial charge is 0.457 e. The lowest BCUT2D eigenvalue weighted by Gasteiger charge is -2.26. The van der Waals surface area contributed by atoms with Gasteiger partial charge in [-0.25, -0.2) is 8.42 Å². The smallest absolute Gasteiger partial charge is 0.264 e.